The standard InChI is InChI=1S/C35H45N3O5S/c1-4-43-32-21-19-31(20-22-32)38(44(3,41)42)23-11-18-34(39)37(26-29-15-10-12-27(2)24-29)33(25-28-13-6-5-7-14-28)35(40)36-30-16-8-9-17-30/h5-7,10,12-15,19-22,24,30,33H,4,8-9,11,16-18,23,25-26H2,1-3H3,(H,36,40)/t33-/m1/s1. The maximum atomic E-state index is 14.1. The van der Waals surface area contributed by atoms with Gasteiger partial charge in [-0.25, -0.2) is 8.42 Å². The van der Waals surface area contributed by atoms with Crippen LogP contribution in [0.3, 0.4) is 0 Å². The van der Waals surface area contributed by atoms with Crippen LogP contribution in [0.2, 0.25) is 0 Å². The van der Waals surface area contributed by atoms with E-state index in [0.29, 0.717) is 30.9 Å². The van der Waals surface area contributed by atoms with Gasteiger partial charge >= 0.3 is 0 Å². The number of hydrogen-bond donors (Lipinski definition) is 1. The first-order valence-electron chi connectivity index (χ1n) is 15.5. The van der Waals surface area contributed by atoms with Gasteiger partial charge in [0.2, 0.25) is 21.8 Å². The van der Waals surface area contributed by atoms with Gasteiger partial charge in [0.05, 0.1) is 18.6 Å². The molecule has 8 nitrogen and oxygen atoms in total. The molecular weight excluding hydrogens is 574 g/mol. The number of nitrogens with zero attached hydrogens (tertiary/aromatic N) is 2. The molecule has 0 unspecified atom stereocenters. The highest BCUT2D eigenvalue weighted by atomic mass is 32.2. The maximum Gasteiger partial charge on any atom is 0.243 e. The van der Waals surface area contributed by atoms with Crippen molar-refractivity contribution in [2.45, 2.75) is 77.4 Å². The van der Waals surface area contributed by atoms with Crippen LogP contribution in [-0.4, -0.2) is 56.6 Å². The van der Waals surface area contributed by atoms with Crippen LogP contribution in [0.4, 0.5) is 5.69 Å². The molecule has 4 rings (SSSR count). The van der Waals surface area contributed by atoms with Crippen LogP contribution in [0.15, 0.2) is 78.9 Å². The molecule has 0 aliphatic heterocycles. The van der Waals surface area contributed by atoms with Crippen molar-refractivity contribution >= 4 is 27.5 Å². The number of rotatable bonds is 15. The number of ether oxygens (including phenoxy) is 1. The third-order valence-electron chi connectivity index (χ3n) is 8.00. The van der Waals surface area contributed by atoms with E-state index in [1.54, 1.807) is 29.2 Å². The Morgan fingerprint density at radius 2 is 1.64 bits per heavy atom. The number of carbonyl (C=O) groups excluding carboxylic acids is 2. The van der Waals surface area contributed by atoms with E-state index in [1.165, 1.54) is 10.6 Å². The zero-order chi connectivity index (χ0) is 31.5. The van der Waals surface area contributed by atoms with E-state index < -0.39 is 16.1 Å². The van der Waals surface area contributed by atoms with Crippen LogP contribution in [0.25, 0.3) is 0 Å². The number of anilines is 1. The first kappa shape index (κ1) is 33.1. The van der Waals surface area contributed by atoms with Crippen molar-refractivity contribution in [2.24, 2.45) is 0 Å². The number of sulfonamides is 1. The number of benzene rings is 3. The molecule has 0 radical (unpaired) electrons. The van der Waals surface area contributed by atoms with E-state index in [1.807, 2.05) is 68.4 Å². The average Bonchev–Trinajstić information content (AvgIpc) is 3.51. The Morgan fingerprint density at radius 3 is 2.27 bits per heavy atom. The van der Waals surface area contributed by atoms with Gasteiger partial charge in [0, 0.05) is 32.0 Å². The Kier molecular flexibility index (Phi) is 11.8. The van der Waals surface area contributed by atoms with E-state index in [4.69, 9.17) is 4.74 Å². The third-order valence-corrected chi connectivity index (χ3v) is 9.19. The van der Waals surface area contributed by atoms with E-state index in [-0.39, 0.29) is 37.4 Å². The first-order chi connectivity index (χ1) is 21.1. The molecule has 1 aliphatic carbocycles. The quantitative estimate of drug-likeness (QED) is 0.238. The summed E-state index contributed by atoms with van der Waals surface area (Å²) < 4.78 is 32.3. The molecule has 1 fully saturated rings. The van der Waals surface area contributed by atoms with Gasteiger partial charge in [-0.05, 0) is 68.5 Å². The van der Waals surface area contributed by atoms with Crippen molar-refractivity contribution in [1.29, 1.82) is 0 Å². The van der Waals surface area contributed by atoms with Gasteiger partial charge in [-0.2, -0.15) is 0 Å². The number of aryl methyl sites for hydroxylation is 1. The van der Waals surface area contributed by atoms with Gasteiger partial charge in [0.15, 0.2) is 0 Å². The van der Waals surface area contributed by atoms with E-state index >= 15 is 0 Å². The zero-order valence-electron chi connectivity index (χ0n) is 26.1. The molecule has 2 amide bonds. The van der Waals surface area contributed by atoms with Gasteiger partial charge in [-0.15, -0.1) is 0 Å². The Labute approximate surface area is 262 Å². The Balaban J connectivity index is 1.57. The van der Waals surface area contributed by atoms with Crippen LogP contribution >= 0.6 is 0 Å². The number of carbonyl (C=O) groups is 2. The highest BCUT2D eigenvalue weighted by molar-refractivity contribution is 7.92. The molecule has 0 heterocycles. The lowest BCUT2D eigenvalue weighted by molar-refractivity contribution is -0.141. The molecule has 3 aromatic rings. The smallest absolute Gasteiger partial charge is 0.243 e. The molecule has 9 heteroatoms. The molecule has 3 aromatic carbocycles. The minimum Gasteiger partial charge on any atom is -0.494 e. The Bertz CT molecular complexity index is 1470. The molecule has 1 N–H and O–H groups in total. The Morgan fingerprint density at radius 1 is 0.955 bits per heavy atom. The van der Waals surface area contributed by atoms with Crippen LogP contribution in [-0.2, 0) is 32.6 Å². The molecule has 1 atom stereocenters. The lowest BCUT2D eigenvalue weighted by Crippen LogP contribution is -2.52. The summed E-state index contributed by atoms with van der Waals surface area (Å²) in [7, 11) is -3.60. The number of nitrogens with one attached hydrogen (secondary N) is 1. The lowest BCUT2D eigenvalue weighted by Gasteiger charge is -2.33. The van der Waals surface area contributed by atoms with Gasteiger partial charge in [0.1, 0.15) is 11.8 Å². The molecular formula is C35H45N3O5S. The fourth-order valence-electron chi connectivity index (χ4n) is 5.81. The van der Waals surface area contributed by atoms with Crippen LogP contribution in [0, 0.1) is 6.92 Å². The molecule has 0 bridgehead atoms. The van der Waals surface area contributed by atoms with E-state index in [2.05, 4.69) is 5.32 Å². The predicted octanol–water partition coefficient (Wildman–Crippen LogP) is 5.64. The molecule has 1 aliphatic rings. The molecule has 0 saturated heterocycles. The highest BCUT2D eigenvalue weighted by Crippen LogP contribution is 2.24. The van der Waals surface area contributed by atoms with Crippen molar-refractivity contribution in [2.75, 3.05) is 23.7 Å². The lowest BCUT2D eigenvalue weighted by atomic mass is 10.0. The van der Waals surface area contributed by atoms with E-state index in [0.717, 1.165) is 42.4 Å². The monoisotopic (exact) mass is 619 g/mol. The second-order valence-electron chi connectivity index (χ2n) is 11.6. The van der Waals surface area contributed by atoms with Crippen molar-refractivity contribution in [1.82, 2.24) is 10.2 Å². The largest absolute Gasteiger partial charge is 0.494 e. The average molecular weight is 620 g/mol. The highest BCUT2D eigenvalue weighted by Gasteiger charge is 2.32. The van der Waals surface area contributed by atoms with E-state index in [9.17, 15) is 18.0 Å². The normalized spacial score (nSPS) is 14.2. The summed E-state index contributed by atoms with van der Waals surface area (Å²) in [5.74, 6) is 0.329. The minimum atomic E-state index is -3.60. The summed E-state index contributed by atoms with van der Waals surface area (Å²) in [6, 6.07) is 24.0. The third kappa shape index (κ3) is 9.58. The molecule has 0 spiro atoms. The van der Waals surface area contributed by atoms with Gasteiger partial charge < -0.3 is 15.0 Å². The molecule has 236 valence electrons. The summed E-state index contributed by atoms with van der Waals surface area (Å²) in [6.07, 6.45) is 6.02. The summed E-state index contributed by atoms with van der Waals surface area (Å²) in [5.41, 5.74) is 3.50. The maximum absolute atomic E-state index is 14.1. The topological polar surface area (TPSA) is 96.0 Å². The van der Waals surface area contributed by atoms with Crippen LogP contribution in [0.1, 0.15) is 62.1 Å². The van der Waals surface area contributed by atoms with Crippen molar-refractivity contribution in [3.8, 4) is 5.75 Å². The fraction of sp³-hybridized carbons (Fsp3) is 0.429. The second kappa shape index (κ2) is 15.7. The van der Waals surface area contributed by atoms with Crippen molar-refractivity contribution in [3.63, 3.8) is 0 Å². The Hall–Kier alpha value is -3.85. The summed E-state index contributed by atoms with van der Waals surface area (Å²) in [5, 5.41) is 3.23. The fourth-order valence-corrected chi connectivity index (χ4v) is 6.77. The van der Waals surface area contributed by atoms with Gasteiger partial charge in [-0.1, -0.05) is 73.0 Å². The summed E-state index contributed by atoms with van der Waals surface area (Å²) in [6.45, 7) is 4.82. The number of amides is 2. The van der Waals surface area contributed by atoms with Gasteiger partial charge in [-0.3, -0.25) is 13.9 Å². The second-order valence-corrected chi connectivity index (χ2v) is 13.5. The summed E-state index contributed by atoms with van der Waals surface area (Å²) >= 11 is 0. The summed E-state index contributed by atoms with van der Waals surface area (Å²) in [4.78, 5) is 29.6. The minimum absolute atomic E-state index is 0.0941. The molecule has 1 saturated carbocycles. The SMILES string of the molecule is CCOc1ccc(N(CCCC(=O)N(Cc2cccc(C)c2)[C@H](Cc2ccccc2)C(=O)NC2CCCC2)S(C)(=O)=O)cc1. The van der Waals surface area contributed by atoms with Crippen molar-refractivity contribution < 1.29 is 22.7 Å². The molecule has 44 heavy (non-hydrogen) atoms. The molecule has 0 aromatic heterocycles. The van der Waals surface area contributed by atoms with Crippen molar-refractivity contribution in [3.05, 3.63) is 95.6 Å². The van der Waals surface area contributed by atoms with Crippen LogP contribution < -0.4 is 14.4 Å². The van der Waals surface area contributed by atoms with Crippen LogP contribution in [0.5, 0.6) is 5.75 Å². The predicted molar refractivity (Wildman–Crippen MR) is 175 cm³/mol. The van der Waals surface area contributed by atoms with Gasteiger partial charge in [0.25, 0.3) is 0 Å². The number of hydrogen-bond acceptors (Lipinski definition) is 5. The first-order valence-corrected chi connectivity index (χ1v) is 17.4. The zero-order valence-corrected chi connectivity index (χ0v) is 26.9.